The topological polar surface area (TPSA) is 120 Å². The van der Waals surface area contributed by atoms with Gasteiger partial charge in [0.05, 0.1) is 13.2 Å². The van der Waals surface area contributed by atoms with Crippen molar-refractivity contribution in [3.8, 4) is 12.3 Å². The van der Waals surface area contributed by atoms with Crippen LogP contribution in [0.2, 0.25) is 0 Å². The molecule has 4 atom stereocenters. The van der Waals surface area contributed by atoms with Crippen molar-refractivity contribution in [2.45, 2.75) is 37.9 Å². The number of terminal acetylenes is 1. The van der Waals surface area contributed by atoms with Gasteiger partial charge < -0.3 is 25.4 Å². The van der Waals surface area contributed by atoms with Gasteiger partial charge in [0.15, 0.2) is 6.23 Å². The fourth-order valence-corrected chi connectivity index (χ4v) is 2.29. The number of ether oxygens (including phenoxy) is 2. The molecule has 0 aromatic carbocycles. The Bertz CT molecular complexity index is 624. The first-order valence-electron chi connectivity index (χ1n) is 6.84. The van der Waals surface area contributed by atoms with Crippen molar-refractivity contribution in [1.29, 1.82) is 0 Å². The zero-order chi connectivity index (χ0) is 16.3. The Morgan fingerprint density at radius 1 is 1.64 bits per heavy atom. The van der Waals surface area contributed by atoms with Crippen LogP contribution >= 0.6 is 0 Å². The number of aryl methyl sites for hydroxylation is 1. The summed E-state index contributed by atoms with van der Waals surface area (Å²) in [6, 6.07) is 0. The predicted molar refractivity (Wildman–Crippen MR) is 77.8 cm³/mol. The number of anilines is 1. The molecular weight excluding hydrogens is 290 g/mol. The van der Waals surface area contributed by atoms with Crippen molar-refractivity contribution in [3.63, 3.8) is 0 Å². The maximum Gasteiger partial charge on any atom is 0.351 e. The number of aliphatic hydroxyl groups is 2. The monoisotopic (exact) mass is 309 g/mol. The number of nitrogens with zero attached hydrogens (tertiary/aromatic N) is 2. The molecule has 1 aliphatic rings. The molecule has 1 aliphatic heterocycles. The zero-order valence-corrected chi connectivity index (χ0v) is 12.2. The fraction of sp³-hybridized carbons (Fsp3) is 0.571. The highest BCUT2D eigenvalue weighted by atomic mass is 16.6. The van der Waals surface area contributed by atoms with Crippen LogP contribution in [0.5, 0.6) is 0 Å². The van der Waals surface area contributed by atoms with Crippen LogP contribution in [-0.2, 0) is 9.47 Å². The van der Waals surface area contributed by atoms with Gasteiger partial charge in [-0.2, -0.15) is 4.98 Å². The predicted octanol–water partition coefficient (Wildman–Crippen LogP) is -1.21. The summed E-state index contributed by atoms with van der Waals surface area (Å²) < 4.78 is 12.3. The first-order valence-corrected chi connectivity index (χ1v) is 6.84. The van der Waals surface area contributed by atoms with E-state index >= 15 is 0 Å². The van der Waals surface area contributed by atoms with E-state index in [1.807, 2.05) is 0 Å². The van der Waals surface area contributed by atoms with Gasteiger partial charge in [0.1, 0.15) is 24.1 Å². The van der Waals surface area contributed by atoms with E-state index < -0.39 is 36.8 Å². The maximum absolute atomic E-state index is 12.0. The Kier molecular flexibility index (Phi) is 5.15. The first kappa shape index (κ1) is 16.5. The summed E-state index contributed by atoms with van der Waals surface area (Å²) in [6.45, 7) is 1.50. The molecule has 1 aromatic rings. The lowest BCUT2D eigenvalue weighted by Gasteiger charge is -2.22. The maximum atomic E-state index is 12.0. The lowest BCUT2D eigenvalue weighted by molar-refractivity contribution is -0.0732. The molecule has 0 aliphatic carbocycles. The van der Waals surface area contributed by atoms with Crippen molar-refractivity contribution in [3.05, 3.63) is 22.2 Å². The van der Waals surface area contributed by atoms with Crippen LogP contribution in [0.1, 0.15) is 18.2 Å². The van der Waals surface area contributed by atoms with Gasteiger partial charge in [0.25, 0.3) is 0 Å². The molecule has 1 aromatic heterocycles. The highest BCUT2D eigenvalue weighted by molar-refractivity contribution is 5.35. The SMILES string of the molecule is C#CCCO[C@H]1C(O)[C@@H](CO)O[C@H]1n1cc(C)c(N)nc1=O. The molecule has 2 rings (SSSR count). The number of hydrogen-bond donors (Lipinski definition) is 3. The largest absolute Gasteiger partial charge is 0.394 e. The minimum atomic E-state index is -1.09. The molecule has 0 spiro atoms. The number of nitrogen functional groups attached to an aromatic ring is 1. The van der Waals surface area contributed by atoms with E-state index in [1.54, 1.807) is 6.92 Å². The van der Waals surface area contributed by atoms with Crippen molar-refractivity contribution >= 4 is 5.82 Å². The molecule has 0 bridgehead atoms. The third-order valence-electron chi connectivity index (χ3n) is 3.50. The van der Waals surface area contributed by atoms with Crippen LogP contribution < -0.4 is 11.4 Å². The molecule has 0 radical (unpaired) electrons. The number of hydrogen-bond acceptors (Lipinski definition) is 7. The molecule has 8 heteroatoms. The minimum Gasteiger partial charge on any atom is -0.394 e. The molecule has 1 fully saturated rings. The normalized spacial score (nSPS) is 27.7. The van der Waals surface area contributed by atoms with Crippen LogP contribution in [0.4, 0.5) is 5.82 Å². The van der Waals surface area contributed by atoms with Gasteiger partial charge in [-0.25, -0.2) is 4.79 Å². The first-order chi connectivity index (χ1) is 10.5. The second-order valence-electron chi connectivity index (χ2n) is 5.03. The highest BCUT2D eigenvalue weighted by Gasteiger charge is 2.45. The summed E-state index contributed by atoms with van der Waals surface area (Å²) in [5, 5.41) is 19.4. The summed E-state index contributed by atoms with van der Waals surface area (Å²) in [5.41, 5.74) is 5.56. The minimum absolute atomic E-state index is 0.128. The molecule has 0 saturated carbocycles. The Balaban J connectivity index is 2.32. The van der Waals surface area contributed by atoms with Gasteiger partial charge >= 0.3 is 5.69 Å². The number of aliphatic hydroxyl groups excluding tert-OH is 2. The van der Waals surface area contributed by atoms with Crippen molar-refractivity contribution < 1.29 is 19.7 Å². The molecule has 1 saturated heterocycles. The summed E-state index contributed by atoms with van der Waals surface area (Å²) >= 11 is 0. The number of nitrogens with two attached hydrogens (primary N) is 1. The van der Waals surface area contributed by atoms with Gasteiger partial charge in [0.2, 0.25) is 0 Å². The Morgan fingerprint density at radius 2 is 2.36 bits per heavy atom. The average Bonchev–Trinajstić information content (AvgIpc) is 2.80. The van der Waals surface area contributed by atoms with E-state index in [2.05, 4.69) is 10.9 Å². The Hall–Kier alpha value is -1.92. The molecule has 22 heavy (non-hydrogen) atoms. The second-order valence-corrected chi connectivity index (χ2v) is 5.03. The Morgan fingerprint density at radius 3 is 3.00 bits per heavy atom. The Labute approximate surface area is 127 Å². The molecule has 8 nitrogen and oxygen atoms in total. The van der Waals surface area contributed by atoms with Crippen LogP contribution in [0.25, 0.3) is 0 Å². The average molecular weight is 309 g/mol. The quantitative estimate of drug-likeness (QED) is 0.461. The second kappa shape index (κ2) is 6.89. The third-order valence-corrected chi connectivity index (χ3v) is 3.50. The van der Waals surface area contributed by atoms with Gasteiger partial charge in [-0.15, -0.1) is 12.3 Å². The molecule has 1 unspecified atom stereocenters. The summed E-state index contributed by atoms with van der Waals surface area (Å²) in [7, 11) is 0. The van der Waals surface area contributed by atoms with Gasteiger partial charge in [-0.1, -0.05) is 0 Å². The third kappa shape index (κ3) is 3.13. The van der Waals surface area contributed by atoms with E-state index in [4.69, 9.17) is 21.6 Å². The number of rotatable bonds is 5. The van der Waals surface area contributed by atoms with E-state index in [9.17, 15) is 15.0 Å². The van der Waals surface area contributed by atoms with Crippen molar-refractivity contribution in [2.24, 2.45) is 0 Å². The molecule has 120 valence electrons. The van der Waals surface area contributed by atoms with Gasteiger partial charge in [-0.3, -0.25) is 4.57 Å². The smallest absolute Gasteiger partial charge is 0.351 e. The lowest BCUT2D eigenvalue weighted by Crippen LogP contribution is -2.38. The van der Waals surface area contributed by atoms with Crippen molar-refractivity contribution in [2.75, 3.05) is 18.9 Å². The fourth-order valence-electron chi connectivity index (χ4n) is 2.29. The molecule has 4 N–H and O–H groups in total. The summed E-state index contributed by atoms with van der Waals surface area (Å²) in [5.74, 6) is 2.55. The number of aromatic nitrogens is 2. The zero-order valence-electron chi connectivity index (χ0n) is 12.2. The van der Waals surface area contributed by atoms with E-state index in [0.29, 0.717) is 12.0 Å². The lowest BCUT2D eigenvalue weighted by atomic mass is 10.1. The van der Waals surface area contributed by atoms with Gasteiger partial charge in [0, 0.05) is 18.2 Å². The van der Waals surface area contributed by atoms with Crippen LogP contribution in [0.15, 0.2) is 11.0 Å². The van der Waals surface area contributed by atoms with Crippen LogP contribution in [0.3, 0.4) is 0 Å². The molecule has 0 amide bonds. The highest BCUT2D eigenvalue weighted by Crippen LogP contribution is 2.31. The summed E-state index contributed by atoms with van der Waals surface area (Å²) in [4.78, 5) is 15.7. The molecular formula is C14H19N3O5. The summed E-state index contributed by atoms with van der Waals surface area (Å²) in [6.07, 6.45) is 3.31. The standard InChI is InChI=1S/C14H19N3O5/c1-3-4-5-21-11-10(19)9(7-18)22-13(11)17-6-8(2)12(15)16-14(17)20/h1,6,9-11,13,18-19H,4-5,7H2,2H3,(H2,15,16,20)/t9-,10?,11+,13-/m1/s1. The van der Waals surface area contributed by atoms with E-state index in [0.717, 1.165) is 0 Å². The van der Waals surface area contributed by atoms with Crippen LogP contribution in [-0.4, -0.2) is 51.3 Å². The van der Waals surface area contributed by atoms with E-state index in [1.165, 1.54) is 10.8 Å². The van der Waals surface area contributed by atoms with Crippen LogP contribution in [0, 0.1) is 19.3 Å². The molecule has 2 heterocycles. The van der Waals surface area contributed by atoms with Gasteiger partial charge in [-0.05, 0) is 6.92 Å². The van der Waals surface area contributed by atoms with Crippen molar-refractivity contribution in [1.82, 2.24) is 9.55 Å². The van der Waals surface area contributed by atoms with E-state index in [-0.39, 0.29) is 12.4 Å².